The molecule has 132 valence electrons. The predicted molar refractivity (Wildman–Crippen MR) is 97.5 cm³/mol. The van der Waals surface area contributed by atoms with Crippen LogP contribution in [0.15, 0.2) is 53.6 Å². The number of rotatable bonds is 5. The average Bonchev–Trinajstić information content (AvgIpc) is 3.03. The summed E-state index contributed by atoms with van der Waals surface area (Å²) in [5.41, 5.74) is 0.436. The van der Waals surface area contributed by atoms with E-state index in [-0.39, 0.29) is 4.90 Å². The number of hydrogen-bond acceptors (Lipinski definition) is 4. The molecule has 3 rings (SSSR count). The zero-order chi connectivity index (χ0) is 18.2. The smallest absolute Gasteiger partial charge is 0.209 e. The number of hydrogen-bond donors (Lipinski definition) is 2. The topological polar surface area (TPSA) is 79.4 Å². The van der Waals surface area contributed by atoms with Crippen molar-refractivity contribution in [2.45, 2.75) is 30.1 Å². The van der Waals surface area contributed by atoms with Crippen molar-refractivity contribution in [3.05, 3.63) is 59.8 Å². The molecule has 0 amide bonds. The van der Waals surface area contributed by atoms with Crippen LogP contribution in [0.5, 0.6) is 5.75 Å². The molecular weight excluding hydrogens is 338 g/mol. The van der Waals surface area contributed by atoms with Gasteiger partial charge in [0.2, 0.25) is 9.84 Å². The molecule has 3 aromatic rings. The Hall–Kier alpha value is -2.31. The standard InChI is InChI=1S/C19H21NO4S/c1-12(2)13-4-7-15(8-5-13)25(22,23)19(21)17-11-20-18-9-6-14(24-3)10-16(17)18/h4-12,19-21H,1-3H3. The van der Waals surface area contributed by atoms with E-state index in [1.807, 2.05) is 13.8 Å². The van der Waals surface area contributed by atoms with Crippen LogP contribution >= 0.6 is 0 Å². The second-order valence-corrected chi connectivity index (χ2v) is 8.28. The number of aliphatic hydroxyl groups excluding tert-OH is 1. The molecule has 2 aromatic carbocycles. The minimum absolute atomic E-state index is 0.0987. The molecule has 1 heterocycles. The number of methoxy groups -OCH3 is 1. The van der Waals surface area contributed by atoms with Crippen LogP contribution in [0.4, 0.5) is 0 Å². The van der Waals surface area contributed by atoms with E-state index in [9.17, 15) is 13.5 Å². The van der Waals surface area contributed by atoms with E-state index >= 15 is 0 Å². The van der Waals surface area contributed by atoms with Crippen LogP contribution < -0.4 is 4.74 Å². The number of benzene rings is 2. The molecule has 0 spiro atoms. The SMILES string of the molecule is COc1ccc2[nH]cc(C(O)S(=O)(=O)c3ccc(C(C)C)cc3)c2c1. The molecule has 2 N–H and O–H groups in total. The van der Waals surface area contributed by atoms with Gasteiger partial charge in [-0.15, -0.1) is 0 Å². The summed E-state index contributed by atoms with van der Waals surface area (Å²) >= 11 is 0. The number of nitrogens with one attached hydrogen (secondary N) is 1. The highest BCUT2D eigenvalue weighted by atomic mass is 32.2. The lowest BCUT2D eigenvalue weighted by Gasteiger charge is -2.13. The highest BCUT2D eigenvalue weighted by Crippen LogP contribution is 2.33. The van der Waals surface area contributed by atoms with Gasteiger partial charge in [-0.3, -0.25) is 0 Å². The summed E-state index contributed by atoms with van der Waals surface area (Å²) < 4.78 is 30.8. The van der Waals surface area contributed by atoms with E-state index in [2.05, 4.69) is 4.98 Å². The minimum atomic E-state index is -3.92. The third-order valence-electron chi connectivity index (χ3n) is 4.36. The molecule has 0 saturated heterocycles. The zero-order valence-corrected chi connectivity index (χ0v) is 15.2. The Morgan fingerprint density at radius 2 is 1.76 bits per heavy atom. The Balaban J connectivity index is 2.03. The first kappa shape index (κ1) is 17.5. The molecule has 0 bridgehead atoms. The van der Waals surface area contributed by atoms with E-state index in [1.54, 1.807) is 42.5 Å². The molecule has 6 heteroatoms. The lowest BCUT2D eigenvalue weighted by molar-refractivity contribution is 0.256. The van der Waals surface area contributed by atoms with Gasteiger partial charge < -0.3 is 14.8 Å². The first-order valence-electron chi connectivity index (χ1n) is 8.01. The van der Waals surface area contributed by atoms with Crippen molar-refractivity contribution in [2.75, 3.05) is 7.11 Å². The van der Waals surface area contributed by atoms with Gasteiger partial charge in [0.25, 0.3) is 0 Å². The predicted octanol–water partition coefficient (Wildman–Crippen LogP) is 3.76. The largest absolute Gasteiger partial charge is 0.497 e. The first-order chi connectivity index (χ1) is 11.8. The van der Waals surface area contributed by atoms with Gasteiger partial charge in [0, 0.05) is 22.7 Å². The molecule has 5 nitrogen and oxygen atoms in total. The number of aromatic amines is 1. The summed E-state index contributed by atoms with van der Waals surface area (Å²) in [4.78, 5) is 3.09. The number of aromatic nitrogens is 1. The summed E-state index contributed by atoms with van der Waals surface area (Å²) in [6, 6.07) is 11.9. The van der Waals surface area contributed by atoms with Crippen molar-refractivity contribution in [1.82, 2.24) is 4.98 Å². The summed E-state index contributed by atoms with van der Waals surface area (Å²) in [6.45, 7) is 4.08. The fourth-order valence-corrected chi connectivity index (χ4v) is 4.09. The second kappa shape index (κ2) is 6.54. The van der Waals surface area contributed by atoms with Crippen LogP contribution in [0.1, 0.15) is 36.3 Å². The Morgan fingerprint density at radius 3 is 2.36 bits per heavy atom. The van der Waals surface area contributed by atoms with Crippen molar-refractivity contribution in [3.63, 3.8) is 0 Å². The van der Waals surface area contributed by atoms with Gasteiger partial charge in [-0.05, 0) is 41.8 Å². The van der Waals surface area contributed by atoms with Crippen molar-refractivity contribution in [3.8, 4) is 5.75 Å². The monoisotopic (exact) mass is 359 g/mol. The van der Waals surface area contributed by atoms with Gasteiger partial charge in [-0.25, -0.2) is 8.42 Å². The third kappa shape index (κ3) is 3.15. The lowest BCUT2D eigenvalue weighted by atomic mass is 10.0. The maximum Gasteiger partial charge on any atom is 0.209 e. The maximum absolute atomic E-state index is 12.8. The zero-order valence-electron chi connectivity index (χ0n) is 14.4. The number of aliphatic hydroxyl groups is 1. The van der Waals surface area contributed by atoms with Gasteiger partial charge in [0.05, 0.1) is 12.0 Å². The molecule has 0 radical (unpaired) electrons. The van der Waals surface area contributed by atoms with E-state index < -0.39 is 15.3 Å². The lowest BCUT2D eigenvalue weighted by Crippen LogP contribution is -2.13. The van der Waals surface area contributed by atoms with Gasteiger partial charge in [0.15, 0.2) is 5.44 Å². The molecule has 25 heavy (non-hydrogen) atoms. The summed E-state index contributed by atoms with van der Waals surface area (Å²) in [5.74, 6) is 0.905. The fraction of sp³-hybridized carbons (Fsp3) is 0.263. The molecule has 0 aliphatic heterocycles. The third-order valence-corrected chi connectivity index (χ3v) is 6.13. The van der Waals surface area contributed by atoms with Crippen molar-refractivity contribution in [2.24, 2.45) is 0 Å². The van der Waals surface area contributed by atoms with Crippen LogP contribution in [0.3, 0.4) is 0 Å². The number of fused-ring (bicyclic) bond motifs is 1. The van der Waals surface area contributed by atoms with E-state index in [0.29, 0.717) is 22.6 Å². The van der Waals surface area contributed by atoms with E-state index in [0.717, 1.165) is 11.1 Å². The molecule has 1 aromatic heterocycles. The molecule has 0 aliphatic rings. The van der Waals surface area contributed by atoms with Gasteiger partial charge in [0.1, 0.15) is 5.75 Å². The molecule has 0 fully saturated rings. The van der Waals surface area contributed by atoms with Crippen LogP contribution in [-0.2, 0) is 9.84 Å². The van der Waals surface area contributed by atoms with Crippen molar-refractivity contribution >= 4 is 20.7 Å². The Labute approximate surface area is 147 Å². The Bertz CT molecular complexity index is 988. The van der Waals surface area contributed by atoms with E-state index in [1.165, 1.54) is 13.3 Å². The molecule has 0 aliphatic carbocycles. The Kier molecular flexibility index (Phi) is 4.58. The normalized spacial score (nSPS) is 13.3. The highest BCUT2D eigenvalue weighted by molar-refractivity contribution is 7.91. The minimum Gasteiger partial charge on any atom is -0.497 e. The number of H-pyrrole nitrogens is 1. The fourth-order valence-electron chi connectivity index (χ4n) is 2.79. The molecule has 0 saturated carbocycles. The van der Waals surface area contributed by atoms with Crippen LogP contribution in [0, 0.1) is 0 Å². The van der Waals surface area contributed by atoms with Crippen LogP contribution in [-0.4, -0.2) is 25.6 Å². The van der Waals surface area contributed by atoms with Crippen molar-refractivity contribution < 1.29 is 18.3 Å². The van der Waals surface area contributed by atoms with Gasteiger partial charge >= 0.3 is 0 Å². The summed E-state index contributed by atoms with van der Waals surface area (Å²) in [7, 11) is -2.38. The summed E-state index contributed by atoms with van der Waals surface area (Å²) in [5, 5.41) is 11.2. The average molecular weight is 359 g/mol. The second-order valence-electron chi connectivity index (χ2n) is 6.28. The van der Waals surface area contributed by atoms with Gasteiger partial charge in [-0.1, -0.05) is 26.0 Å². The quantitative estimate of drug-likeness (QED) is 0.727. The molecular formula is C19H21NO4S. The van der Waals surface area contributed by atoms with Gasteiger partial charge in [-0.2, -0.15) is 0 Å². The molecule has 1 unspecified atom stereocenters. The van der Waals surface area contributed by atoms with E-state index in [4.69, 9.17) is 4.74 Å². The van der Waals surface area contributed by atoms with Crippen molar-refractivity contribution in [1.29, 1.82) is 0 Å². The highest BCUT2D eigenvalue weighted by Gasteiger charge is 2.29. The van der Waals surface area contributed by atoms with Crippen LogP contribution in [0.25, 0.3) is 10.9 Å². The summed E-state index contributed by atoms with van der Waals surface area (Å²) in [6.07, 6.45) is 1.52. The Morgan fingerprint density at radius 1 is 1.08 bits per heavy atom. The number of sulfone groups is 1. The first-order valence-corrected chi connectivity index (χ1v) is 9.56. The molecule has 1 atom stereocenters. The maximum atomic E-state index is 12.8. The number of ether oxygens (including phenoxy) is 1. The van der Waals surface area contributed by atoms with Crippen LogP contribution in [0.2, 0.25) is 0 Å².